The van der Waals surface area contributed by atoms with Crippen molar-refractivity contribution in [2.24, 2.45) is 0 Å². The predicted molar refractivity (Wildman–Crippen MR) is 94.4 cm³/mol. The topological polar surface area (TPSA) is 34.0 Å². The maximum Gasteiger partial charge on any atom is 0.255 e. The average molecular weight is 304 g/mol. The molecule has 0 fully saturated rings. The summed E-state index contributed by atoms with van der Waals surface area (Å²) in [6, 6.07) is 15.7. The highest BCUT2D eigenvalue weighted by Crippen LogP contribution is 2.22. The highest BCUT2D eigenvalue weighted by Gasteiger charge is 2.11. The lowest BCUT2D eigenvalue weighted by Gasteiger charge is -2.13. The quantitative estimate of drug-likeness (QED) is 0.750. The van der Waals surface area contributed by atoms with Gasteiger partial charge >= 0.3 is 0 Å². The number of aromatic nitrogens is 1. The Kier molecular flexibility index (Phi) is 4.02. The SMILES string of the molecule is Cc1ccc(C(=O)Nc2c(C)cccc2C)cc1-n1cccc1. The molecule has 0 saturated carbocycles. The molecule has 0 saturated heterocycles. The average Bonchev–Trinajstić information content (AvgIpc) is 3.05. The van der Waals surface area contributed by atoms with Gasteiger partial charge in [0.1, 0.15) is 0 Å². The molecule has 2 aromatic carbocycles. The summed E-state index contributed by atoms with van der Waals surface area (Å²) >= 11 is 0. The van der Waals surface area contributed by atoms with E-state index in [1.807, 2.05) is 86.3 Å². The van der Waals surface area contributed by atoms with Gasteiger partial charge in [-0.3, -0.25) is 4.79 Å². The van der Waals surface area contributed by atoms with Gasteiger partial charge < -0.3 is 9.88 Å². The Morgan fingerprint density at radius 2 is 1.52 bits per heavy atom. The van der Waals surface area contributed by atoms with Crippen LogP contribution in [0, 0.1) is 20.8 Å². The van der Waals surface area contributed by atoms with Gasteiger partial charge in [-0.1, -0.05) is 24.3 Å². The van der Waals surface area contributed by atoms with Crippen LogP contribution in [0.4, 0.5) is 5.69 Å². The first-order chi connectivity index (χ1) is 11.1. The molecule has 0 atom stereocenters. The van der Waals surface area contributed by atoms with E-state index in [4.69, 9.17) is 0 Å². The molecule has 23 heavy (non-hydrogen) atoms. The summed E-state index contributed by atoms with van der Waals surface area (Å²) in [4.78, 5) is 12.6. The standard InChI is InChI=1S/C20H20N2O/c1-14-9-10-17(13-18(14)22-11-4-5-12-22)20(23)21-19-15(2)7-6-8-16(19)3/h4-13H,1-3H3,(H,21,23). The lowest BCUT2D eigenvalue weighted by atomic mass is 10.1. The Morgan fingerprint density at radius 1 is 0.870 bits per heavy atom. The lowest BCUT2D eigenvalue weighted by molar-refractivity contribution is 0.102. The molecule has 0 aliphatic rings. The molecule has 1 aromatic heterocycles. The summed E-state index contributed by atoms with van der Waals surface area (Å²) in [5.41, 5.74) is 5.82. The van der Waals surface area contributed by atoms with E-state index in [-0.39, 0.29) is 5.91 Å². The highest BCUT2D eigenvalue weighted by atomic mass is 16.1. The van der Waals surface area contributed by atoms with Gasteiger partial charge in [0.05, 0.1) is 0 Å². The van der Waals surface area contributed by atoms with Crippen LogP contribution < -0.4 is 5.32 Å². The Bertz CT molecular complexity index is 828. The minimum absolute atomic E-state index is 0.0872. The largest absolute Gasteiger partial charge is 0.324 e. The zero-order valence-corrected chi connectivity index (χ0v) is 13.6. The van der Waals surface area contributed by atoms with Gasteiger partial charge in [-0.15, -0.1) is 0 Å². The van der Waals surface area contributed by atoms with E-state index in [1.54, 1.807) is 0 Å². The van der Waals surface area contributed by atoms with Crippen LogP contribution in [0.25, 0.3) is 5.69 Å². The molecule has 0 aliphatic heterocycles. The van der Waals surface area contributed by atoms with Crippen molar-refractivity contribution in [2.45, 2.75) is 20.8 Å². The van der Waals surface area contributed by atoms with E-state index < -0.39 is 0 Å². The van der Waals surface area contributed by atoms with Crippen molar-refractivity contribution in [3.63, 3.8) is 0 Å². The number of hydrogen-bond acceptors (Lipinski definition) is 1. The molecule has 3 heteroatoms. The van der Waals surface area contributed by atoms with E-state index in [0.717, 1.165) is 28.1 Å². The minimum Gasteiger partial charge on any atom is -0.324 e. The summed E-state index contributed by atoms with van der Waals surface area (Å²) in [5.74, 6) is -0.0872. The fraction of sp³-hybridized carbons (Fsp3) is 0.150. The number of nitrogens with zero attached hydrogens (tertiary/aromatic N) is 1. The van der Waals surface area contributed by atoms with Gasteiger partial charge in [-0.2, -0.15) is 0 Å². The van der Waals surface area contributed by atoms with E-state index >= 15 is 0 Å². The van der Waals surface area contributed by atoms with Crippen LogP contribution in [0.5, 0.6) is 0 Å². The molecule has 0 aliphatic carbocycles. The number of aryl methyl sites for hydroxylation is 3. The molecule has 1 heterocycles. The smallest absolute Gasteiger partial charge is 0.255 e. The third-order valence-electron chi connectivity index (χ3n) is 4.07. The van der Waals surface area contributed by atoms with Crippen LogP contribution in [-0.4, -0.2) is 10.5 Å². The molecule has 3 aromatic rings. The van der Waals surface area contributed by atoms with E-state index in [1.165, 1.54) is 0 Å². The Balaban J connectivity index is 1.93. The van der Waals surface area contributed by atoms with Gasteiger partial charge in [0.15, 0.2) is 0 Å². The number of amides is 1. The van der Waals surface area contributed by atoms with Gasteiger partial charge in [-0.25, -0.2) is 0 Å². The van der Waals surface area contributed by atoms with Gasteiger partial charge in [0, 0.05) is 29.3 Å². The van der Waals surface area contributed by atoms with Crippen molar-refractivity contribution in [1.29, 1.82) is 0 Å². The van der Waals surface area contributed by atoms with E-state index in [2.05, 4.69) is 5.32 Å². The number of carbonyl (C=O) groups excluding carboxylic acids is 1. The second kappa shape index (κ2) is 6.13. The predicted octanol–water partition coefficient (Wildman–Crippen LogP) is 4.65. The molecule has 116 valence electrons. The van der Waals surface area contributed by atoms with Crippen molar-refractivity contribution in [3.8, 4) is 5.69 Å². The van der Waals surface area contributed by atoms with Crippen LogP contribution in [0.3, 0.4) is 0 Å². The van der Waals surface area contributed by atoms with E-state index in [0.29, 0.717) is 5.56 Å². The number of nitrogens with one attached hydrogen (secondary N) is 1. The third kappa shape index (κ3) is 3.04. The first-order valence-corrected chi connectivity index (χ1v) is 7.68. The normalized spacial score (nSPS) is 10.6. The maximum absolute atomic E-state index is 12.6. The number of rotatable bonds is 3. The first-order valence-electron chi connectivity index (χ1n) is 7.68. The van der Waals surface area contributed by atoms with E-state index in [9.17, 15) is 4.79 Å². The summed E-state index contributed by atoms with van der Waals surface area (Å²) in [6.45, 7) is 6.05. The Morgan fingerprint density at radius 3 is 2.17 bits per heavy atom. The molecule has 3 rings (SSSR count). The molecule has 0 spiro atoms. The van der Waals surface area contributed by atoms with Crippen LogP contribution in [-0.2, 0) is 0 Å². The van der Waals surface area contributed by atoms with Gasteiger partial charge in [0.2, 0.25) is 0 Å². The summed E-state index contributed by atoms with van der Waals surface area (Å²) in [6.07, 6.45) is 3.96. The molecule has 0 radical (unpaired) electrons. The highest BCUT2D eigenvalue weighted by molar-refractivity contribution is 6.05. The number of hydrogen-bond donors (Lipinski definition) is 1. The van der Waals surface area contributed by atoms with Crippen LogP contribution >= 0.6 is 0 Å². The van der Waals surface area contributed by atoms with Crippen molar-refractivity contribution in [2.75, 3.05) is 5.32 Å². The van der Waals surface area contributed by atoms with Gasteiger partial charge in [-0.05, 0) is 61.7 Å². The lowest BCUT2D eigenvalue weighted by Crippen LogP contribution is -2.14. The number of anilines is 1. The van der Waals surface area contributed by atoms with Crippen molar-refractivity contribution in [1.82, 2.24) is 4.57 Å². The molecular weight excluding hydrogens is 284 g/mol. The maximum atomic E-state index is 12.6. The van der Waals surface area contributed by atoms with Crippen molar-refractivity contribution in [3.05, 3.63) is 83.2 Å². The number of para-hydroxylation sites is 1. The van der Waals surface area contributed by atoms with Crippen molar-refractivity contribution >= 4 is 11.6 Å². The second-order valence-electron chi connectivity index (χ2n) is 5.81. The molecule has 1 N–H and O–H groups in total. The fourth-order valence-corrected chi connectivity index (χ4v) is 2.72. The Labute approximate surface area is 136 Å². The van der Waals surface area contributed by atoms with Crippen LogP contribution in [0.1, 0.15) is 27.0 Å². The second-order valence-corrected chi connectivity index (χ2v) is 5.81. The van der Waals surface area contributed by atoms with Crippen LogP contribution in [0.15, 0.2) is 60.9 Å². The first kappa shape index (κ1) is 15.1. The Hall–Kier alpha value is -2.81. The monoisotopic (exact) mass is 304 g/mol. The molecule has 0 unspecified atom stereocenters. The van der Waals surface area contributed by atoms with Gasteiger partial charge in [0.25, 0.3) is 5.91 Å². The summed E-state index contributed by atoms with van der Waals surface area (Å²) in [7, 11) is 0. The molecule has 1 amide bonds. The van der Waals surface area contributed by atoms with Crippen LogP contribution in [0.2, 0.25) is 0 Å². The number of carbonyl (C=O) groups is 1. The zero-order chi connectivity index (χ0) is 16.4. The zero-order valence-electron chi connectivity index (χ0n) is 13.6. The summed E-state index contributed by atoms with van der Waals surface area (Å²) in [5, 5.41) is 3.04. The van der Waals surface area contributed by atoms with Crippen molar-refractivity contribution < 1.29 is 4.79 Å². The third-order valence-corrected chi connectivity index (χ3v) is 4.07. The molecule has 0 bridgehead atoms. The summed E-state index contributed by atoms with van der Waals surface area (Å²) < 4.78 is 2.02. The number of benzene rings is 2. The fourth-order valence-electron chi connectivity index (χ4n) is 2.72. The molecule has 3 nitrogen and oxygen atoms in total. The minimum atomic E-state index is -0.0872. The molecular formula is C20H20N2O.